The van der Waals surface area contributed by atoms with Crippen LogP contribution in [0.3, 0.4) is 0 Å². The molecule has 0 amide bonds. The van der Waals surface area contributed by atoms with E-state index in [9.17, 15) is 14.4 Å². The van der Waals surface area contributed by atoms with Gasteiger partial charge in [-0.3, -0.25) is 14.4 Å². The lowest BCUT2D eigenvalue weighted by atomic mass is 10.1. The predicted molar refractivity (Wildman–Crippen MR) is 229 cm³/mol. The van der Waals surface area contributed by atoms with Crippen molar-refractivity contribution in [2.75, 3.05) is 13.2 Å². The van der Waals surface area contributed by atoms with Gasteiger partial charge in [0.1, 0.15) is 13.2 Å². The lowest BCUT2D eigenvalue weighted by Crippen LogP contribution is -2.30. The van der Waals surface area contributed by atoms with Crippen molar-refractivity contribution >= 4 is 17.9 Å². The Morgan fingerprint density at radius 3 is 0.981 bits per heavy atom. The minimum absolute atomic E-state index is 0.0841. The standard InChI is InChI=1S/C48H86O6/c1-4-7-10-13-16-19-22-23-24-25-26-27-30-32-35-38-41-47(50)53-44-45(54-48(51)42-39-36-33-29-21-18-15-12-9-6-3)43-52-46(49)40-37-34-31-28-20-17-14-11-8-5-2/h14-15,17-18,24-25,45H,4-13,16,19-23,26-44H2,1-3H3/b17-14-,18-15-,25-24-. The second-order valence-electron chi connectivity index (χ2n) is 15.3. The Kier molecular flexibility index (Phi) is 41.5. The molecule has 6 heteroatoms. The largest absolute Gasteiger partial charge is 0.462 e. The van der Waals surface area contributed by atoms with E-state index in [4.69, 9.17) is 14.2 Å². The number of unbranched alkanes of at least 4 members (excludes halogenated alkanes) is 24. The normalized spacial score (nSPS) is 12.3. The molecule has 0 bridgehead atoms. The van der Waals surface area contributed by atoms with Crippen LogP contribution in [0.5, 0.6) is 0 Å². The maximum Gasteiger partial charge on any atom is 0.306 e. The van der Waals surface area contributed by atoms with Crippen LogP contribution in [0.25, 0.3) is 0 Å². The SMILES string of the molecule is CCCC/C=C\CCCCCCC(=O)OCC(COC(=O)CCCCCCC/C=C\CCCCCCCCC)OC(=O)CCCCCC/C=C\CCCC. The monoisotopic (exact) mass is 759 g/mol. The molecule has 1 atom stereocenters. The van der Waals surface area contributed by atoms with Gasteiger partial charge in [0.15, 0.2) is 6.10 Å². The molecule has 6 nitrogen and oxygen atoms in total. The van der Waals surface area contributed by atoms with E-state index in [0.29, 0.717) is 19.3 Å². The highest BCUT2D eigenvalue weighted by Crippen LogP contribution is 2.13. The Bertz CT molecular complexity index is 922. The molecule has 0 radical (unpaired) electrons. The summed E-state index contributed by atoms with van der Waals surface area (Å²) in [6, 6.07) is 0. The van der Waals surface area contributed by atoms with Gasteiger partial charge in [0.2, 0.25) is 0 Å². The zero-order valence-corrected chi connectivity index (χ0v) is 35.7. The predicted octanol–water partition coefficient (Wildman–Crippen LogP) is 14.6. The van der Waals surface area contributed by atoms with Gasteiger partial charge in [-0.15, -0.1) is 0 Å². The second kappa shape index (κ2) is 43.4. The average molecular weight is 759 g/mol. The summed E-state index contributed by atoms with van der Waals surface area (Å²) in [6.07, 6.45) is 48.4. The van der Waals surface area contributed by atoms with Crippen LogP contribution in [-0.4, -0.2) is 37.2 Å². The van der Waals surface area contributed by atoms with Crippen molar-refractivity contribution in [1.29, 1.82) is 0 Å². The summed E-state index contributed by atoms with van der Waals surface area (Å²) < 4.78 is 16.7. The summed E-state index contributed by atoms with van der Waals surface area (Å²) in [7, 11) is 0. The molecule has 0 aliphatic carbocycles. The number of hydrogen-bond acceptors (Lipinski definition) is 6. The summed E-state index contributed by atoms with van der Waals surface area (Å²) in [5, 5.41) is 0. The minimum atomic E-state index is -0.781. The van der Waals surface area contributed by atoms with Crippen LogP contribution < -0.4 is 0 Å². The number of hydrogen-bond donors (Lipinski definition) is 0. The van der Waals surface area contributed by atoms with E-state index < -0.39 is 6.10 Å². The summed E-state index contributed by atoms with van der Waals surface area (Å²) in [5.74, 6) is -0.920. The Balaban J connectivity index is 4.35. The lowest BCUT2D eigenvalue weighted by Gasteiger charge is -2.18. The van der Waals surface area contributed by atoms with Gasteiger partial charge in [-0.1, -0.05) is 166 Å². The second-order valence-corrected chi connectivity index (χ2v) is 15.3. The highest BCUT2D eigenvalue weighted by Gasteiger charge is 2.19. The van der Waals surface area contributed by atoms with Crippen LogP contribution in [0.1, 0.15) is 233 Å². The summed E-state index contributed by atoms with van der Waals surface area (Å²) in [4.78, 5) is 37.6. The third-order valence-electron chi connectivity index (χ3n) is 9.84. The Morgan fingerprint density at radius 2 is 0.630 bits per heavy atom. The molecule has 0 fully saturated rings. The third-order valence-corrected chi connectivity index (χ3v) is 9.84. The van der Waals surface area contributed by atoms with E-state index >= 15 is 0 Å². The van der Waals surface area contributed by atoms with Crippen molar-refractivity contribution in [3.63, 3.8) is 0 Å². The first-order valence-corrected chi connectivity index (χ1v) is 23.0. The first-order valence-electron chi connectivity index (χ1n) is 23.0. The molecular formula is C48H86O6. The Hall–Kier alpha value is -2.37. The van der Waals surface area contributed by atoms with Crippen LogP contribution in [-0.2, 0) is 28.6 Å². The number of esters is 3. The van der Waals surface area contributed by atoms with Gasteiger partial charge in [-0.05, 0) is 83.5 Å². The highest BCUT2D eigenvalue weighted by atomic mass is 16.6. The topological polar surface area (TPSA) is 78.9 Å². The lowest BCUT2D eigenvalue weighted by molar-refractivity contribution is -0.167. The molecule has 1 unspecified atom stereocenters. The molecule has 0 saturated carbocycles. The first-order chi connectivity index (χ1) is 26.5. The third kappa shape index (κ3) is 40.8. The van der Waals surface area contributed by atoms with E-state index in [-0.39, 0.29) is 31.1 Å². The maximum absolute atomic E-state index is 12.7. The fourth-order valence-electron chi connectivity index (χ4n) is 6.28. The van der Waals surface area contributed by atoms with Crippen molar-refractivity contribution in [3.8, 4) is 0 Å². The molecule has 0 N–H and O–H groups in total. The zero-order chi connectivity index (χ0) is 39.4. The summed E-state index contributed by atoms with van der Waals surface area (Å²) in [5.41, 5.74) is 0. The van der Waals surface area contributed by atoms with Crippen LogP contribution in [0.4, 0.5) is 0 Å². The van der Waals surface area contributed by atoms with Gasteiger partial charge >= 0.3 is 17.9 Å². The van der Waals surface area contributed by atoms with Gasteiger partial charge in [-0.25, -0.2) is 0 Å². The number of rotatable bonds is 41. The molecule has 314 valence electrons. The summed E-state index contributed by atoms with van der Waals surface area (Å²) in [6.45, 7) is 6.51. The molecule has 0 heterocycles. The number of ether oxygens (including phenoxy) is 3. The van der Waals surface area contributed by atoms with Crippen LogP contribution in [0, 0.1) is 0 Å². The maximum atomic E-state index is 12.7. The van der Waals surface area contributed by atoms with E-state index in [1.807, 2.05) is 0 Å². The fraction of sp³-hybridized carbons (Fsp3) is 0.812. The van der Waals surface area contributed by atoms with Crippen molar-refractivity contribution < 1.29 is 28.6 Å². The molecule has 0 aromatic carbocycles. The highest BCUT2D eigenvalue weighted by molar-refractivity contribution is 5.71. The van der Waals surface area contributed by atoms with E-state index in [0.717, 1.165) is 103 Å². The average Bonchev–Trinajstić information content (AvgIpc) is 3.17. The van der Waals surface area contributed by atoms with Gasteiger partial charge < -0.3 is 14.2 Å². The number of carbonyl (C=O) groups is 3. The molecule has 54 heavy (non-hydrogen) atoms. The summed E-state index contributed by atoms with van der Waals surface area (Å²) >= 11 is 0. The van der Waals surface area contributed by atoms with Gasteiger partial charge in [0.05, 0.1) is 0 Å². The van der Waals surface area contributed by atoms with Crippen LogP contribution >= 0.6 is 0 Å². The molecule has 0 aromatic rings. The molecular weight excluding hydrogens is 673 g/mol. The fourth-order valence-corrected chi connectivity index (χ4v) is 6.28. The van der Waals surface area contributed by atoms with Crippen molar-refractivity contribution in [3.05, 3.63) is 36.5 Å². The molecule has 0 aliphatic rings. The van der Waals surface area contributed by atoms with Gasteiger partial charge in [-0.2, -0.15) is 0 Å². The molecule has 0 aliphatic heterocycles. The molecule has 0 aromatic heterocycles. The first kappa shape index (κ1) is 51.6. The van der Waals surface area contributed by atoms with Crippen LogP contribution in [0.2, 0.25) is 0 Å². The quantitative estimate of drug-likeness (QED) is 0.0267. The van der Waals surface area contributed by atoms with E-state index in [2.05, 4.69) is 57.2 Å². The Morgan fingerprint density at radius 1 is 0.352 bits per heavy atom. The van der Waals surface area contributed by atoms with E-state index in [1.165, 1.54) is 89.9 Å². The number of carbonyl (C=O) groups excluding carboxylic acids is 3. The van der Waals surface area contributed by atoms with Crippen molar-refractivity contribution in [2.24, 2.45) is 0 Å². The zero-order valence-electron chi connectivity index (χ0n) is 35.7. The van der Waals surface area contributed by atoms with Crippen LogP contribution in [0.15, 0.2) is 36.5 Å². The minimum Gasteiger partial charge on any atom is -0.462 e. The Labute approximate surface area is 334 Å². The number of allylic oxidation sites excluding steroid dienone is 6. The molecule has 0 saturated heterocycles. The van der Waals surface area contributed by atoms with Crippen molar-refractivity contribution in [1.82, 2.24) is 0 Å². The van der Waals surface area contributed by atoms with Crippen molar-refractivity contribution in [2.45, 2.75) is 239 Å². The van der Waals surface area contributed by atoms with E-state index in [1.54, 1.807) is 0 Å². The van der Waals surface area contributed by atoms with Gasteiger partial charge in [0, 0.05) is 19.3 Å². The molecule has 0 spiro atoms. The molecule has 0 rings (SSSR count). The smallest absolute Gasteiger partial charge is 0.306 e. The van der Waals surface area contributed by atoms with Gasteiger partial charge in [0.25, 0.3) is 0 Å².